The van der Waals surface area contributed by atoms with Gasteiger partial charge in [-0.05, 0) is 60.0 Å². The molecule has 0 fully saturated rings. The van der Waals surface area contributed by atoms with Gasteiger partial charge in [0.15, 0.2) is 0 Å². The van der Waals surface area contributed by atoms with E-state index in [1.54, 1.807) is 35.5 Å². The van der Waals surface area contributed by atoms with Crippen LogP contribution in [0.3, 0.4) is 0 Å². The molecule has 1 aromatic heterocycles. The van der Waals surface area contributed by atoms with Crippen LogP contribution in [-0.4, -0.2) is 44.2 Å². The third-order valence-corrected chi connectivity index (χ3v) is 8.06. The van der Waals surface area contributed by atoms with Crippen molar-refractivity contribution >= 4 is 37.7 Å². The molecular weight excluding hydrogens is 473 g/mol. The van der Waals surface area contributed by atoms with Gasteiger partial charge in [0, 0.05) is 12.1 Å². The van der Waals surface area contributed by atoms with Crippen molar-refractivity contribution in [2.24, 2.45) is 9.36 Å². The number of rotatable bonds is 2. The van der Waals surface area contributed by atoms with Crippen LogP contribution in [0.15, 0.2) is 56.4 Å². The molecule has 2 atom stereocenters. The number of aliphatic imine (C=N–C) groups is 1. The first-order chi connectivity index (χ1) is 14.3. The Balaban J connectivity index is 1.83. The number of aromatic nitrogens is 1. The summed E-state index contributed by atoms with van der Waals surface area (Å²) in [5, 5.41) is 2.78. The van der Waals surface area contributed by atoms with Crippen molar-refractivity contribution in [3.63, 3.8) is 0 Å². The molecule has 1 amide bonds. The Labute approximate surface area is 183 Å². The maximum absolute atomic E-state index is 14.7. The van der Waals surface area contributed by atoms with E-state index in [1.165, 1.54) is 12.1 Å². The Bertz CT molecular complexity index is 1130. The van der Waals surface area contributed by atoms with E-state index in [2.05, 4.69) is 35.6 Å². The SMILES string of the molecule is C[C@@]1(c2nc(Br)ccc2F)C[S@@]2(=O)=NCCCCN2C(NC(=O)c2ccccc2)=N1. The van der Waals surface area contributed by atoms with Gasteiger partial charge < -0.3 is 0 Å². The van der Waals surface area contributed by atoms with Crippen LogP contribution in [0.1, 0.15) is 35.8 Å². The first kappa shape index (κ1) is 20.9. The van der Waals surface area contributed by atoms with Crippen molar-refractivity contribution < 1.29 is 13.4 Å². The van der Waals surface area contributed by atoms with Gasteiger partial charge in [0.05, 0.1) is 12.3 Å². The normalized spacial score (nSPS) is 26.1. The molecule has 0 spiro atoms. The molecular formula is C20H21BrFN5O2S. The van der Waals surface area contributed by atoms with Crippen LogP contribution < -0.4 is 5.32 Å². The molecule has 1 aromatic carbocycles. The van der Waals surface area contributed by atoms with E-state index in [0.29, 0.717) is 23.3 Å². The van der Waals surface area contributed by atoms with Gasteiger partial charge in [-0.2, -0.15) is 0 Å². The zero-order chi connectivity index (χ0) is 21.4. The number of halogens is 2. The number of fused-ring (bicyclic) bond motifs is 1. The fourth-order valence-corrected chi connectivity index (χ4v) is 6.43. The monoisotopic (exact) mass is 493 g/mol. The highest BCUT2D eigenvalue weighted by Gasteiger charge is 2.44. The van der Waals surface area contributed by atoms with Gasteiger partial charge in [0.1, 0.15) is 31.6 Å². The summed E-state index contributed by atoms with van der Waals surface area (Å²) in [6.07, 6.45) is 1.55. The predicted molar refractivity (Wildman–Crippen MR) is 117 cm³/mol. The molecule has 0 unspecified atom stereocenters. The fraction of sp³-hybridized carbons (Fsp3) is 0.350. The lowest BCUT2D eigenvalue weighted by atomic mass is 10.00. The Hall–Kier alpha value is -2.33. The standard InChI is InChI=1S/C20H21BrFN5O2S/c1-20(17-15(22)9-10-16(21)24-17)13-30(29)23-11-5-6-12-27(30)19(26-20)25-18(28)14-7-3-2-4-8-14/h2-4,7-10H,5-6,11-13H2,1H3,(H,25,26,28)/t20-,30+/m0/s1. The summed E-state index contributed by atoms with van der Waals surface area (Å²) in [4.78, 5) is 21.7. The van der Waals surface area contributed by atoms with E-state index < -0.39 is 21.3 Å². The van der Waals surface area contributed by atoms with E-state index in [0.717, 1.165) is 12.8 Å². The van der Waals surface area contributed by atoms with Crippen LogP contribution in [0.4, 0.5) is 4.39 Å². The van der Waals surface area contributed by atoms with Crippen molar-refractivity contribution in [1.82, 2.24) is 14.6 Å². The molecule has 0 saturated heterocycles. The molecule has 10 heteroatoms. The Kier molecular flexibility index (Phi) is 5.63. The molecule has 1 N–H and O–H groups in total. The molecule has 30 heavy (non-hydrogen) atoms. The smallest absolute Gasteiger partial charge is 0.257 e. The molecule has 2 aromatic rings. The number of nitrogens with one attached hydrogen (secondary N) is 1. The van der Waals surface area contributed by atoms with Gasteiger partial charge >= 0.3 is 0 Å². The summed E-state index contributed by atoms with van der Waals surface area (Å²) in [5.41, 5.74) is -0.753. The molecule has 0 aliphatic carbocycles. The average molecular weight is 494 g/mol. The van der Waals surface area contributed by atoms with E-state index in [-0.39, 0.29) is 23.3 Å². The number of nitrogens with zero attached hydrogens (tertiary/aromatic N) is 4. The number of hydrogen-bond donors (Lipinski definition) is 1. The highest BCUT2D eigenvalue weighted by atomic mass is 79.9. The first-order valence-electron chi connectivity index (χ1n) is 9.58. The second kappa shape index (κ2) is 8.07. The minimum Gasteiger partial charge on any atom is -0.292 e. The molecule has 2 aliphatic rings. The third kappa shape index (κ3) is 3.98. The fourth-order valence-electron chi connectivity index (χ4n) is 3.61. The zero-order valence-corrected chi connectivity index (χ0v) is 18.7. The Morgan fingerprint density at radius 3 is 2.77 bits per heavy atom. The lowest BCUT2D eigenvalue weighted by Crippen LogP contribution is -2.55. The molecule has 0 saturated carbocycles. The lowest BCUT2D eigenvalue weighted by molar-refractivity contribution is 0.0973. The highest BCUT2D eigenvalue weighted by Crippen LogP contribution is 2.35. The second-order valence-electron chi connectivity index (χ2n) is 7.41. The molecule has 4 rings (SSSR count). The quantitative estimate of drug-likeness (QED) is 0.649. The molecule has 3 heterocycles. The second-order valence-corrected chi connectivity index (χ2v) is 10.4. The zero-order valence-electron chi connectivity index (χ0n) is 16.3. The van der Waals surface area contributed by atoms with Crippen molar-refractivity contribution in [3.05, 3.63) is 64.1 Å². The van der Waals surface area contributed by atoms with Crippen molar-refractivity contribution in [3.8, 4) is 0 Å². The molecule has 158 valence electrons. The van der Waals surface area contributed by atoms with Crippen LogP contribution in [-0.2, 0) is 15.5 Å². The first-order valence-corrected chi connectivity index (χ1v) is 12.0. The summed E-state index contributed by atoms with van der Waals surface area (Å²) in [6.45, 7) is 2.56. The topological polar surface area (TPSA) is 87.0 Å². The van der Waals surface area contributed by atoms with Crippen LogP contribution in [0.5, 0.6) is 0 Å². The molecule has 2 aliphatic heterocycles. The van der Waals surface area contributed by atoms with E-state index in [4.69, 9.17) is 0 Å². The van der Waals surface area contributed by atoms with Crippen LogP contribution in [0.2, 0.25) is 0 Å². The number of pyridine rings is 1. The summed E-state index contributed by atoms with van der Waals surface area (Å²) >= 11 is 3.27. The van der Waals surface area contributed by atoms with E-state index >= 15 is 0 Å². The maximum Gasteiger partial charge on any atom is 0.257 e. The van der Waals surface area contributed by atoms with Crippen LogP contribution >= 0.6 is 15.9 Å². The Morgan fingerprint density at radius 1 is 1.23 bits per heavy atom. The summed E-state index contributed by atoms with van der Waals surface area (Å²) in [7, 11) is -2.94. The van der Waals surface area contributed by atoms with Crippen LogP contribution in [0.25, 0.3) is 0 Å². The predicted octanol–water partition coefficient (Wildman–Crippen LogP) is 3.48. The summed E-state index contributed by atoms with van der Waals surface area (Å²) < 4.78 is 35.0. The number of hydrogen-bond acceptors (Lipinski definition) is 5. The number of guanidine groups is 1. The van der Waals surface area contributed by atoms with Gasteiger partial charge in [0.25, 0.3) is 5.91 Å². The Morgan fingerprint density at radius 2 is 2.00 bits per heavy atom. The number of amides is 1. The minimum absolute atomic E-state index is 0.00885. The van der Waals surface area contributed by atoms with Gasteiger partial charge in [-0.3, -0.25) is 14.4 Å². The summed E-state index contributed by atoms with van der Waals surface area (Å²) in [5.74, 6) is -0.810. The maximum atomic E-state index is 14.7. The molecule has 7 nitrogen and oxygen atoms in total. The number of carbonyl (C=O) groups is 1. The third-order valence-electron chi connectivity index (χ3n) is 5.05. The van der Waals surface area contributed by atoms with Gasteiger partial charge in [-0.1, -0.05) is 18.2 Å². The highest BCUT2D eigenvalue weighted by molar-refractivity contribution is 9.10. The van der Waals surface area contributed by atoms with Crippen molar-refractivity contribution in [1.29, 1.82) is 0 Å². The number of carbonyl (C=O) groups excluding carboxylic acids is 1. The van der Waals surface area contributed by atoms with Gasteiger partial charge in [-0.15, -0.1) is 0 Å². The van der Waals surface area contributed by atoms with Gasteiger partial charge in [0.2, 0.25) is 5.96 Å². The summed E-state index contributed by atoms with van der Waals surface area (Å²) in [6, 6.07) is 11.5. The molecule has 0 bridgehead atoms. The van der Waals surface area contributed by atoms with Crippen molar-refractivity contribution in [2.45, 2.75) is 25.3 Å². The van der Waals surface area contributed by atoms with E-state index in [1.807, 2.05) is 6.07 Å². The average Bonchev–Trinajstić information content (AvgIpc) is 2.91. The minimum atomic E-state index is -2.94. The van der Waals surface area contributed by atoms with Crippen LogP contribution in [0, 0.1) is 5.82 Å². The largest absolute Gasteiger partial charge is 0.292 e. The molecule has 0 radical (unpaired) electrons. The van der Waals surface area contributed by atoms with Crippen molar-refractivity contribution in [2.75, 3.05) is 18.8 Å². The van der Waals surface area contributed by atoms with E-state index in [9.17, 15) is 13.4 Å². The van der Waals surface area contributed by atoms with Gasteiger partial charge in [-0.25, -0.2) is 22.9 Å². The lowest BCUT2D eigenvalue weighted by Gasteiger charge is -2.39. The number of benzene rings is 1.